The molecule has 81 valence electrons. The minimum Gasteiger partial charge on any atom is -0.535 e. The summed E-state index contributed by atoms with van der Waals surface area (Å²) in [5.74, 6) is 1.61. The topological polar surface area (TPSA) is 38.7 Å². The van der Waals surface area contributed by atoms with Crippen molar-refractivity contribution >= 4 is 7.69 Å². The Morgan fingerprint density at radius 2 is 2.07 bits per heavy atom. The zero-order valence-electron chi connectivity index (χ0n) is 9.36. The quantitative estimate of drug-likeness (QED) is 0.751. The molecule has 3 nitrogen and oxygen atoms in total. The fourth-order valence-electron chi connectivity index (χ4n) is 1.31. The zero-order valence-corrected chi connectivity index (χ0v) is 9.36. The molecule has 0 heterocycles. The highest BCUT2D eigenvalue weighted by Gasteiger charge is 2.08. The summed E-state index contributed by atoms with van der Waals surface area (Å²) in [6.45, 7) is 6.68. The van der Waals surface area contributed by atoms with Crippen molar-refractivity contribution in [3.05, 3.63) is 23.8 Å². The van der Waals surface area contributed by atoms with Crippen LogP contribution in [0.1, 0.15) is 32.3 Å². The highest BCUT2D eigenvalue weighted by atomic mass is 16.5. The lowest BCUT2D eigenvalue weighted by atomic mass is 10.0. The summed E-state index contributed by atoms with van der Waals surface area (Å²) in [5.41, 5.74) is 1.15. The third-order valence-electron chi connectivity index (χ3n) is 2.11. The standard InChI is InChI=1S/C11H16BO3/c1-4-14-10-6-5-9(8(2)3)7-11(10)15-12-13/h5-8,13H,4H2,1-3H3. The van der Waals surface area contributed by atoms with Gasteiger partial charge in [0.25, 0.3) is 0 Å². The molecule has 1 N–H and O–H groups in total. The first kappa shape index (κ1) is 11.9. The van der Waals surface area contributed by atoms with Crippen molar-refractivity contribution < 1.29 is 14.4 Å². The van der Waals surface area contributed by atoms with E-state index in [1.807, 2.05) is 25.1 Å². The van der Waals surface area contributed by atoms with Crippen LogP contribution in [-0.2, 0) is 0 Å². The first-order chi connectivity index (χ1) is 7.19. The predicted octanol–water partition coefficient (Wildman–Crippen LogP) is 2.11. The van der Waals surface area contributed by atoms with Crippen LogP contribution in [0.4, 0.5) is 0 Å². The molecule has 0 aromatic heterocycles. The van der Waals surface area contributed by atoms with E-state index in [0.717, 1.165) is 5.56 Å². The summed E-state index contributed by atoms with van der Waals surface area (Å²) < 4.78 is 10.4. The molecule has 15 heavy (non-hydrogen) atoms. The Bertz CT molecular complexity index is 313. The highest BCUT2D eigenvalue weighted by molar-refractivity contribution is 6.17. The second-order valence-electron chi connectivity index (χ2n) is 3.52. The molecule has 0 spiro atoms. The van der Waals surface area contributed by atoms with Gasteiger partial charge in [-0.2, -0.15) is 0 Å². The Hall–Kier alpha value is -1.16. The molecule has 1 radical (unpaired) electrons. The van der Waals surface area contributed by atoms with E-state index in [-0.39, 0.29) is 0 Å². The van der Waals surface area contributed by atoms with Crippen LogP contribution in [0.15, 0.2) is 18.2 Å². The molecule has 1 aromatic carbocycles. The maximum Gasteiger partial charge on any atom is 0.569 e. The van der Waals surface area contributed by atoms with Gasteiger partial charge >= 0.3 is 7.69 Å². The fourth-order valence-corrected chi connectivity index (χ4v) is 1.31. The third kappa shape index (κ3) is 3.17. The summed E-state index contributed by atoms with van der Waals surface area (Å²) >= 11 is 0. The number of benzene rings is 1. The molecule has 0 aliphatic carbocycles. The number of ether oxygens (including phenoxy) is 1. The van der Waals surface area contributed by atoms with Gasteiger partial charge in [0.15, 0.2) is 5.75 Å². The van der Waals surface area contributed by atoms with Crippen molar-refractivity contribution in [2.24, 2.45) is 0 Å². The average molecular weight is 207 g/mol. The van der Waals surface area contributed by atoms with Gasteiger partial charge in [-0.3, -0.25) is 0 Å². The van der Waals surface area contributed by atoms with Crippen LogP contribution in [0.25, 0.3) is 0 Å². The first-order valence-electron chi connectivity index (χ1n) is 5.08. The molecule has 0 aliphatic rings. The highest BCUT2D eigenvalue weighted by Crippen LogP contribution is 2.30. The van der Waals surface area contributed by atoms with Gasteiger partial charge in [0, 0.05) is 0 Å². The van der Waals surface area contributed by atoms with E-state index < -0.39 is 0 Å². The Morgan fingerprint density at radius 3 is 2.60 bits per heavy atom. The van der Waals surface area contributed by atoms with E-state index in [9.17, 15) is 0 Å². The average Bonchev–Trinajstić information content (AvgIpc) is 2.21. The largest absolute Gasteiger partial charge is 0.569 e. The van der Waals surface area contributed by atoms with Gasteiger partial charge in [-0.15, -0.1) is 0 Å². The molecular weight excluding hydrogens is 191 g/mol. The van der Waals surface area contributed by atoms with Crippen LogP contribution >= 0.6 is 0 Å². The molecule has 0 saturated heterocycles. The maximum absolute atomic E-state index is 8.64. The zero-order chi connectivity index (χ0) is 11.3. The van der Waals surface area contributed by atoms with Gasteiger partial charge in [0.05, 0.1) is 6.61 Å². The number of rotatable bonds is 5. The molecule has 1 aromatic rings. The van der Waals surface area contributed by atoms with Gasteiger partial charge in [-0.25, -0.2) is 0 Å². The fraction of sp³-hybridized carbons (Fsp3) is 0.455. The van der Waals surface area contributed by atoms with Crippen molar-refractivity contribution in [3.63, 3.8) is 0 Å². The lowest BCUT2D eigenvalue weighted by Gasteiger charge is -2.13. The molecule has 0 fully saturated rings. The molecule has 0 saturated carbocycles. The van der Waals surface area contributed by atoms with E-state index >= 15 is 0 Å². The van der Waals surface area contributed by atoms with Gasteiger partial charge in [0.2, 0.25) is 0 Å². The van der Waals surface area contributed by atoms with E-state index in [0.29, 0.717) is 31.7 Å². The molecular formula is C11H16BO3. The number of hydrogen-bond acceptors (Lipinski definition) is 3. The molecule has 0 unspecified atom stereocenters. The minimum absolute atomic E-state index is 0.418. The second kappa shape index (κ2) is 5.66. The lowest BCUT2D eigenvalue weighted by Crippen LogP contribution is -2.04. The Morgan fingerprint density at radius 1 is 1.33 bits per heavy atom. The summed E-state index contributed by atoms with van der Waals surface area (Å²) in [6.07, 6.45) is 0. The van der Waals surface area contributed by atoms with E-state index in [2.05, 4.69) is 13.8 Å². The van der Waals surface area contributed by atoms with Crippen LogP contribution < -0.4 is 9.39 Å². The molecule has 0 bridgehead atoms. The number of hydrogen-bond donors (Lipinski definition) is 1. The first-order valence-corrected chi connectivity index (χ1v) is 5.08. The third-order valence-corrected chi connectivity index (χ3v) is 2.11. The molecule has 4 heteroatoms. The van der Waals surface area contributed by atoms with Crippen molar-refractivity contribution in [2.75, 3.05) is 6.61 Å². The predicted molar refractivity (Wildman–Crippen MR) is 60.3 cm³/mol. The second-order valence-corrected chi connectivity index (χ2v) is 3.52. The smallest absolute Gasteiger partial charge is 0.535 e. The van der Waals surface area contributed by atoms with Gasteiger partial charge in [0.1, 0.15) is 5.75 Å². The summed E-state index contributed by atoms with van der Waals surface area (Å²) in [7, 11) is 0.669. The van der Waals surface area contributed by atoms with Crippen LogP contribution in [0.3, 0.4) is 0 Å². The van der Waals surface area contributed by atoms with E-state index in [1.54, 1.807) is 0 Å². The Labute approximate surface area is 91.3 Å². The van der Waals surface area contributed by atoms with Crippen molar-refractivity contribution in [3.8, 4) is 11.5 Å². The minimum atomic E-state index is 0.418. The van der Waals surface area contributed by atoms with Crippen LogP contribution in [0.2, 0.25) is 0 Å². The monoisotopic (exact) mass is 207 g/mol. The Kier molecular flexibility index (Phi) is 4.50. The Balaban J connectivity index is 2.97. The summed E-state index contributed by atoms with van der Waals surface area (Å²) in [5, 5.41) is 8.64. The molecule has 0 aliphatic heterocycles. The van der Waals surface area contributed by atoms with Crippen LogP contribution in [-0.4, -0.2) is 19.3 Å². The normalized spacial score (nSPS) is 10.2. The van der Waals surface area contributed by atoms with E-state index in [1.165, 1.54) is 0 Å². The molecule has 1 rings (SSSR count). The van der Waals surface area contributed by atoms with Crippen molar-refractivity contribution in [1.82, 2.24) is 0 Å². The van der Waals surface area contributed by atoms with Crippen molar-refractivity contribution in [2.45, 2.75) is 26.7 Å². The lowest BCUT2D eigenvalue weighted by molar-refractivity contribution is 0.324. The maximum atomic E-state index is 8.64. The van der Waals surface area contributed by atoms with Crippen LogP contribution in [0.5, 0.6) is 11.5 Å². The SMILES string of the molecule is CCOc1ccc(C(C)C)cc1O[B]O. The van der Waals surface area contributed by atoms with Crippen molar-refractivity contribution in [1.29, 1.82) is 0 Å². The summed E-state index contributed by atoms with van der Waals surface area (Å²) in [6, 6.07) is 5.74. The molecule has 0 atom stereocenters. The van der Waals surface area contributed by atoms with E-state index in [4.69, 9.17) is 14.4 Å². The summed E-state index contributed by atoms with van der Waals surface area (Å²) in [4.78, 5) is 0. The van der Waals surface area contributed by atoms with Gasteiger partial charge in [-0.05, 0) is 30.5 Å². The van der Waals surface area contributed by atoms with Gasteiger partial charge in [-0.1, -0.05) is 19.9 Å². The molecule has 0 amide bonds. The van der Waals surface area contributed by atoms with Gasteiger partial charge < -0.3 is 14.4 Å². The van der Waals surface area contributed by atoms with Crippen LogP contribution in [0, 0.1) is 0 Å².